The van der Waals surface area contributed by atoms with Crippen LogP contribution >= 0.6 is 11.3 Å². The number of nitrogens with zero attached hydrogens (tertiary/aromatic N) is 5. The van der Waals surface area contributed by atoms with Crippen LogP contribution in [0.15, 0.2) is 47.9 Å². The van der Waals surface area contributed by atoms with Crippen molar-refractivity contribution in [1.29, 1.82) is 0 Å². The van der Waals surface area contributed by atoms with E-state index in [4.69, 9.17) is 0 Å². The Hall–Kier alpha value is -2.38. The number of aromatic nitrogens is 4. The maximum absolute atomic E-state index is 12.5. The minimum atomic E-state index is 0.00594. The molecule has 0 radical (unpaired) electrons. The van der Waals surface area contributed by atoms with E-state index in [9.17, 15) is 4.79 Å². The van der Waals surface area contributed by atoms with E-state index in [1.54, 1.807) is 40.7 Å². The molecule has 3 aromatic rings. The molecular weight excluding hydrogens is 358 g/mol. The molecule has 140 valence electrons. The summed E-state index contributed by atoms with van der Waals surface area (Å²) in [4.78, 5) is 29.2. The fraction of sp³-hybridized carbons (Fsp3) is 0.400. The van der Waals surface area contributed by atoms with Gasteiger partial charge in [-0.2, -0.15) is 0 Å². The minimum Gasteiger partial charge on any atom is -0.299 e. The number of piperidine rings is 1. The van der Waals surface area contributed by atoms with Crippen LogP contribution in [0.3, 0.4) is 0 Å². The number of aryl methyl sites for hydroxylation is 1. The summed E-state index contributed by atoms with van der Waals surface area (Å²) in [6.45, 7) is 5.91. The lowest BCUT2D eigenvalue weighted by molar-refractivity contribution is 0.167. The largest absolute Gasteiger partial charge is 0.299 e. The van der Waals surface area contributed by atoms with Crippen LogP contribution in [-0.4, -0.2) is 37.5 Å². The summed E-state index contributed by atoms with van der Waals surface area (Å²) in [6, 6.07) is 5.38. The van der Waals surface area contributed by atoms with Gasteiger partial charge in [-0.25, -0.2) is 9.97 Å². The zero-order valence-electron chi connectivity index (χ0n) is 15.4. The molecule has 0 unspecified atom stereocenters. The van der Waals surface area contributed by atoms with E-state index >= 15 is 0 Å². The molecule has 1 aliphatic heterocycles. The van der Waals surface area contributed by atoms with Crippen molar-refractivity contribution in [2.75, 3.05) is 13.1 Å². The average Bonchev–Trinajstić information content (AvgIpc) is 3.10. The summed E-state index contributed by atoms with van der Waals surface area (Å²) in [6.07, 6.45) is 9.32. The smallest absolute Gasteiger partial charge is 0.253 e. The second-order valence-electron chi connectivity index (χ2n) is 7.07. The van der Waals surface area contributed by atoms with Crippen molar-refractivity contribution in [2.45, 2.75) is 32.9 Å². The minimum absolute atomic E-state index is 0.00594. The molecule has 0 aromatic carbocycles. The molecule has 3 aromatic heterocycles. The first-order valence-corrected chi connectivity index (χ1v) is 10.1. The molecule has 0 N–H and O–H groups in total. The fourth-order valence-corrected chi connectivity index (χ4v) is 4.38. The first kappa shape index (κ1) is 18.0. The standard InChI is InChI=1S/C20H23N5OS/c1-15-22-11-18(27-15)13-24-7-4-16(5-8-24)12-25-14-23-19(9-20(25)26)17-3-2-6-21-10-17/h2-3,6,9-11,14,16H,4-5,7-8,12-13H2,1H3. The maximum Gasteiger partial charge on any atom is 0.253 e. The lowest BCUT2D eigenvalue weighted by Crippen LogP contribution is -2.35. The Balaban J connectivity index is 1.34. The SMILES string of the molecule is Cc1ncc(CN2CCC(Cn3cnc(-c4cccnc4)cc3=O)CC2)s1. The van der Waals surface area contributed by atoms with E-state index in [-0.39, 0.29) is 5.56 Å². The Bertz CT molecular complexity index is 944. The summed E-state index contributed by atoms with van der Waals surface area (Å²) in [5.41, 5.74) is 1.55. The van der Waals surface area contributed by atoms with Crippen LogP contribution in [0.25, 0.3) is 11.3 Å². The molecule has 27 heavy (non-hydrogen) atoms. The maximum atomic E-state index is 12.5. The van der Waals surface area contributed by atoms with Gasteiger partial charge in [0.05, 0.1) is 17.0 Å². The number of hydrogen-bond acceptors (Lipinski definition) is 6. The molecule has 0 bridgehead atoms. The van der Waals surface area contributed by atoms with Gasteiger partial charge in [-0.3, -0.25) is 19.2 Å². The van der Waals surface area contributed by atoms with Gasteiger partial charge in [0.1, 0.15) is 0 Å². The number of pyridine rings is 1. The molecule has 0 spiro atoms. The Morgan fingerprint density at radius 1 is 1.22 bits per heavy atom. The molecule has 0 saturated carbocycles. The summed E-state index contributed by atoms with van der Waals surface area (Å²) in [5, 5.41) is 1.13. The molecule has 6 nitrogen and oxygen atoms in total. The zero-order valence-corrected chi connectivity index (χ0v) is 16.2. The molecule has 1 fully saturated rings. The molecule has 0 aliphatic carbocycles. The van der Waals surface area contributed by atoms with Crippen molar-refractivity contribution in [1.82, 2.24) is 24.4 Å². The van der Waals surface area contributed by atoms with Crippen molar-refractivity contribution >= 4 is 11.3 Å². The van der Waals surface area contributed by atoms with Gasteiger partial charge in [-0.1, -0.05) is 0 Å². The molecule has 7 heteroatoms. The quantitative estimate of drug-likeness (QED) is 0.680. The fourth-order valence-electron chi connectivity index (χ4n) is 3.54. The summed E-state index contributed by atoms with van der Waals surface area (Å²) in [7, 11) is 0. The first-order chi connectivity index (χ1) is 13.2. The summed E-state index contributed by atoms with van der Waals surface area (Å²) in [5.74, 6) is 0.521. The first-order valence-electron chi connectivity index (χ1n) is 9.28. The number of rotatable bonds is 5. The third-order valence-electron chi connectivity index (χ3n) is 5.05. The highest BCUT2D eigenvalue weighted by molar-refractivity contribution is 7.11. The number of thiazole rings is 1. The molecule has 4 heterocycles. The van der Waals surface area contributed by atoms with E-state index in [2.05, 4.69) is 19.9 Å². The monoisotopic (exact) mass is 381 g/mol. The molecule has 0 amide bonds. The predicted octanol–water partition coefficient (Wildman–Crippen LogP) is 2.98. The van der Waals surface area contributed by atoms with Gasteiger partial charge in [-0.05, 0) is 50.9 Å². The third kappa shape index (κ3) is 4.48. The van der Waals surface area contributed by atoms with Crippen LogP contribution in [-0.2, 0) is 13.1 Å². The van der Waals surface area contributed by atoms with Crippen LogP contribution in [0, 0.1) is 12.8 Å². The molecule has 4 rings (SSSR count). The lowest BCUT2D eigenvalue weighted by Gasteiger charge is -2.31. The zero-order chi connectivity index (χ0) is 18.6. The van der Waals surface area contributed by atoms with Crippen molar-refractivity contribution in [3.63, 3.8) is 0 Å². The van der Waals surface area contributed by atoms with Gasteiger partial charge in [-0.15, -0.1) is 11.3 Å². The van der Waals surface area contributed by atoms with E-state index < -0.39 is 0 Å². The highest BCUT2D eigenvalue weighted by atomic mass is 32.1. The Kier molecular flexibility index (Phi) is 5.40. The second-order valence-corrected chi connectivity index (χ2v) is 8.39. The lowest BCUT2D eigenvalue weighted by atomic mass is 9.96. The van der Waals surface area contributed by atoms with Gasteiger partial charge in [0, 0.05) is 48.2 Å². The molecule has 1 aliphatic rings. The second kappa shape index (κ2) is 8.10. The van der Waals surface area contributed by atoms with Crippen molar-refractivity contribution in [3.8, 4) is 11.3 Å². The van der Waals surface area contributed by atoms with Crippen LogP contribution < -0.4 is 5.56 Å². The molecular formula is C20H23N5OS. The van der Waals surface area contributed by atoms with Crippen LogP contribution in [0.4, 0.5) is 0 Å². The molecule has 0 atom stereocenters. The van der Waals surface area contributed by atoms with Crippen molar-refractivity contribution in [2.24, 2.45) is 5.92 Å². The highest BCUT2D eigenvalue weighted by Crippen LogP contribution is 2.22. The highest BCUT2D eigenvalue weighted by Gasteiger charge is 2.20. The average molecular weight is 382 g/mol. The summed E-state index contributed by atoms with van der Waals surface area (Å²) < 4.78 is 1.74. The Morgan fingerprint density at radius 2 is 2.07 bits per heavy atom. The normalized spacial score (nSPS) is 15.9. The topological polar surface area (TPSA) is 63.9 Å². The number of hydrogen-bond donors (Lipinski definition) is 0. The van der Waals surface area contributed by atoms with Gasteiger partial charge in [0.15, 0.2) is 0 Å². The van der Waals surface area contributed by atoms with Crippen molar-refractivity contribution in [3.05, 3.63) is 63.4 Å². The van der Waals surface area contributed by atoms with E-state index in [0.717, 1.165) is 49.6 Å². The summed E-state index contributed by atoms with van der Waals surface area (Å²) >= 11 is 1.78. The van der Waals surface area contributed by atoms with E-state index in [1.165, 1.54) is 4.88 Å². The van der Waals surface area contributed by atoms with Crippen LogP contribution in [0.1, 0.15) is 22.7 Å². The van der Waals surface area contributed by atoms with Gasteiger partial charge >= 0.3 is 0 Å². The third-order valence-corrected chi connectivity index (χ3v) is 5.94. The van der Waals surface area contributed by atoms with E-state index in [1.807, 2.05) is 25.3 Å². The van der Waals surface area contributed by atoms with Gasteiger partial charge < -0.3 is 0 Å². The van der Waals surface area contributed by atoms with E-state index in [0.29, 0.717) is 11.6 Å². The Morgan fingerprint density at radius 3 is 2.74 bits per heavy atom. The van der Waals surface area contributed by atoms with Gasteiger partial charge in [0.25, 0.3) is 5.56 Å². The number of likely N-dealkylation sites (tertiary alicyclic amines) is 1. The van der Waals surface area contributed by atoms with Gasteiger partial charge in [0.2, 0.25) is 0 Å². The van der Waals surface area contributed by atoms with Crippen LogP contribution in [0.2, 0.25) is 0 Å². The Labute approximate surface area is 162 Å². The molecule has 1 saturated heterocycles. The van der Waals surface area contributed by atoms with Crippen LogP contribution in [0.5, 0.6) is 0 Å². The van der Waals surface area contributed by atoms with Crippen molar-refractivity contribution < 1.29 is 0 Å². The predicted molar refractivity (Wildman–Crippen MR) is 107 cm³/mol.